The molecule has 0 unspecified atom stereocenters. The predicted molar refractivity (Wildman–Crippen MR) is 127 cm³/mol. The fourth-order valence-electron chi connectivity index (χ4n) is 4.62. The van der Waals surface area contributed by atoms with Crippen LogP contribution in [-0.2, 0) is 4.79 Å². The number of carbonyl (C=O) groups excluding carboxylic acids is 1. The second kappa shape index (κ2) is 12.2. The van der Waals surface area contributed by atoms with Crippen LogP contribution in [0.3, 0.4) is 0 Å². The van der Waals surface area contributed by atoms with Gasteiger partial charge in [-0.2, -0.15) is 0 Å². The molecule has 2 fully saturated rings. The van der Waals surface area contributed by atoms with E-state index in [1.807, 2.05) is 26.0 Å². The molecule has 1 saturated heterocycles. The minimum absolute atomic E-state index is 0.00967. The van der Waals surface area contributed by atoms with Gasteiger partial charge in [0.25, 0.3) is 5.91 Å². The SMILES string of the molecule is CN(C)C.O=C(N[C@H]1CCN(C2CCCCC2)C[C@@H]1C(=O)O)c1cc(-c2ccc(F)cc2F)on1. The lowest BCUT2D eigenvalue weighted by Crippen LogP contribution is -2.56. The van der Waals surface area contributed by atoms with Crippen LogP contribution in [0, 0.1) is 17.6 Å². The number of amides is 1. The molecule has 1 aliphatic heterocycles. The van der Waals surface area contributed by atoms with E-state index >= 15 is 0 Å². The Bertz CT molecular complexity index is 1000. The number of aromatic nitrogens is 1. The largest absolute Gasteiger partial charge is 0.481 e. The Morgan fingerprint density at radius 3 is 2.43 bits per heavy atom. The first-order valence-corrected chi connectivity index (χ1v) is 12.0. The lowest BCUT2D eigenvalue weighted by molar-refractivity contribution is -0.145. The lowest BCUT2D eigenvalue weighted by Gasteiger charge is -2.42. The van der Waals surface area contributed by atoms with Crippen LogP contribution in [0.25, 0.3) is 11.3 Å². The number of aliphatic carboxylic acids is 1. The molecule has 1 aromatic heterocycles. The Labute approximate surface area is 204 Å². The van der Waals surface area contributed by atoms with Crippen molar-refractivity contribution < 1.29 is 28.0 Å². The minimum atomic E-state index is -0.944. The molecule has 0 spiro atoms. The van der Waals surface area contributed by atoms with E-state index in [-0.39, 0.29) is 17.0 Å². The van der Waals surface area contributed by atoms with E-state index in [2.05, 4.69) is 15.4 Å². The quantitative estimate of drug-likeness (QED) is 0.658. The Morgan fingerprint density at radius 2 is 1.80 bits per heavy atom. The number of halogens is 2. The van der Waals surface area contributed by atoms with Gasteiger partial charge < -0.3 is 19.8 Å². The molecule has 8 nitrogen and oxygen atoms in total. The number of hydrogen-bond donors (Lipinski definition) is 2. The van der Waals surface area contributed by atoms with Crippen LogP contribution >= 0.6 is 0 Å². The molecular weight excluding hydrogens is 458 g/mol. The zero-order chi connectivity index (χ0) is 25.5. The Balaban J connectivity index is 0.000000795. The smallest absolute Gasteiger partial charge is 0.309 e. The van der Waals surface area contributed by atoms with Crippen molar-refractivity contribution in [2.45, 2.75) is 50.6 Å². The summed E-state index contributed by atoms with van der Waals surface area (Å²) in [6.45, 7) is 1.13. The standard InChI is InChI=1S/C22H25F2N3O4.C3H9N/c23-13-6-7-15(17(24)10-13)20-11-19(26-31-20)21(28)25-18-8-9-27(12-16(18)22(29)30)14-4-2-1-3-5-14;1-4(2)3/h6-7,10-11,14,16,18H,1-5,8-9,12H2,(H,25,28)(H,29,30);1-3H3/t16-,18-;/m0./s1. The van der Waals surface area contributed by atoms with Crippen molar-refractivity contribution in [3.8, 4) is 11.3 Å². The summed E-state index contributed by atoms with van der Waals surface area (Å²) in [4.78, 5) is 28.8. The van der Waals surface area contributed by atoms with Crippen molar-refractivity contribution in [3.63, 3.8) is 0 Å². The van der Waals surface area contributed by atoms with Crippen molar-refractivity contribution in [1.29, 1.82) is 0 Å². The fourth-order valence-corrected chi connectivity index (χ4v) is 4.62. The topological polar surface area (TPSA) is 98.9 Å². The van der Waals surface area contributed by atoms with Crippen LogP contribution in [0.2, 0.25) is 0 Å². The summed E-state index contributed by atoms with van der Waals surface area (Å²) in [5.41, 5.74) is -0.102. The van der Waals surface area contributed by atoms with Crippen LogP contribution in [0.4, 0.5) is 8.78 Å². The number of carboxylic acids is 1. The molecular formula is C25H34F2N4O4. The third-order valence-electron chi connectivity index (χ3n) is 6.31. The Kier molecular flexibility index (Phi) is 9.33. The number of carboxylic acid groups (broad SMARTS) is 1. The number of likely N-dealkylation sites (tertiary alicyclic amines) is 1. The van der Waals surface area contributed by atoms with Crippen molar-refractivity contribution in [3.05, 3.63) is 41.6 Å². The van der Waals surface area contributed by atoms with Gasteiger partial charge in [-0.15, -0.1) is 0 Å². The van der Waals surface area contributed by atoms with Gasteiger partial charge in [-0.25, -0.2) is 8.78 Å². The first-order valence-electron chi connectivity index (χ1n) is 12.0. The maximum Gasteiger partial charge on any atom is 0.309 e. The summed E-state index contributed by atoms with van der Waals surface area (Å²) in [7, 11) is 6.00. The first kappa shape index (κ1) is 26.7. The molecule has 2 aromatic rings. The van der Waals surface area contributed by atoms with Gasteiger partial charge in [-0.1, -0.05) is 24.4 Å². The third kappa shape index (κ3) is 7.32. The molecule has 1 amide bonds. The van der Waals surface area contributed by atoms with Gasteiger partial charge >= 0.3 is 5.97 Å². The highest BCUT2D eigenvalue weighted by Crippen LogP contribution is 2.28. The molecule has 2 N–H and O–H groups in total. The molecule has 1 saturated carbocycles. The molecule has 35 heavy (non-hydrogen) atoms. The third-order valence-corrected chi connectivity index (χ3v) is 6.31. The molecule has 1 aliphatic carbocycles. The maximum atomic E-state index is 14.0. The zero-order valence-corrected chi connectivity index (χ0v) is 20.5. The molecule has 0 bridgehead atoms. The number of nitrogens with one attached hydrogen (secondary N) is 1. The summed E-state index contributed by atoms with van der Waals surface area (Å²) in [6.07, 6.45) is 6.27. The van der Waals surface area contributed by atoms with Crippen LogP contribution in [-0.4, -0.2) is 78.3 Å². The molecule has 0 radical (unpaired) electrons. The van der Waals surface area contributed by atoms with Crippen molar-refractivity contribution in [2.24, 2.45) is 5.92 Å². The van der Waals surface area contributed by atoms with Gasteiger partial charge in [0, 0.05) is 37.3 Å². The Hall–Kier alpha value is -2.85. The minimum Gasteiger partial charge on any atom is -0.481 e. The zero-order valence-electron chi connectivity index (χ0n) is 20.5. The van der Waals surface area contributed by atoms with Gasteiger partial charge in [0.05, 0.1) is 11.5 Å². The summed E-state index contributed by atoms with van der Waals surface area (Å²) in [5.74, 6) is -3.81. The van der Waals surface area contributed by atoms with Crippen molar-refractivity contribution in [2.75, 3.05) is 34.2 Å². The van der Waals surface area contributed by atoms with Crippen molar-refractivity contribution >= 4 is 11.9 Å². The predicted octanol–water partition coefficient (Wildman–Crippen LogP) is 3.64. The Morgan fingerprint density at radius 1 is 1.11 bits per heavy atom. The number of hydrogen-bond acceptors (Lipinski definition) is 6. The lowest BCUT2D eigenvalue weighted by atomic mass is 9.87. The van der Waals surface area contributed by atoms with Gasteiger partial charge in [0.15, 0.2) is 11.5 Å². The van der Waals surface area contributed by atoms with E-state index in [1.54, 1.807) is 0 Å². The van der Waals surface area contributed by atoms with Gasteiger partial charge in [-0.3, -0.25) is 14.5 Å². The molecule has 2 atom stereocenters. The van der Waals surface area contributed by atoms with Gasteiger partial charge in [0.1, 0.15) is 11.6 Å². The molecule has 2 heterocycles. The van der Waals surface area contributed by atoms with E-state index in [0.717, 1.165) is 31.5 Å². The average Bonchev–Trinajstić information content (AvgIpc) is 3.29. The monoisotopic (exact) mass is 492 g/mol. The van der Waals surface area contributed by atoms with E-state index in [4.69, 9.17) is 4.52 Å². The van der Waals surface area contributed by atoms with Crippen LogP contribution in [0.1, 0.15) is 49.0 Å². The van der Waals surface area contributed by atoms with Crippen LogP contribution in [0.15, 0.2) is 28.8 Å². The maximum absolute atomic E-state index is 14.0. The second-order valence-electron chi connectivity index (χ2n) is 9.64. The van der Waals surface area contributed by atoms with Gasteiger partial charge in [0.2, 0.25) is 0 Å². The van der Waals surface area contributed by atoms with E-state index in [1.165, 1.54) is 31.4 Å². The number of nitrogens with zero attached hydrogens (tertiary/aromatic N) is 3. The number of piperidine rings is 1. The molecule has 1 aromatic carbocycles. The number of rotatable bonds is 5. The van der Waals surface area contributed by atoms with Gasteiger partial charge in [-0.05, 0) is 52.5 Å². The van der Waals surface area contributed by atoms with E-state index in [9.17, 15) is 23.5 Å². The first-order chi connectivity index (χ1) is 16.7. The fraction of sp³-hybridized carbons (Fsp3) is 0.560. The highest BCUT2D eigenvalue weighted by Gasteiger charge is 2.38. The summed E-state index contributed by atoms with van der Waals surface area (Å²) >= 11 is 0. The number of benzene rings is 1. The summed E-state index contributed by atoms with van der Waals surface area (Å²) in [6, 6.07) is 4.14. The van der Waals surface area contributed by atoms with Crippen LogP contribution < -0.4 is 5.32 Å². The second-order valence-corrected chi connectivity index (χ2v) is 9.64. The molecule has 4 rings (SSSR count). The number of carbonyl (C=O) groups is 2. The highest BCUT2D eigenvalue weighted by molar-refractivity contribution is 5.93. The molecule has 192 valence electrons. The molecule has 10 heteroatoms. The van der Waals surface area contributed by atoms with E-state index < -0.39 is 35.5 Å². The summed E-state index contributed by atoms with van der Waals surface area (Å²) in [5, 5.41) is 16.2. The average molecular weight is 493 g/mol. The highest BCUT2D eigenvalue weighted by atomic mass is 19.1. The van der Waals surface area contributed by atoms with Crippen molar-refractivity contribution in [1.82, 2.24) is 20.3 Å². The molecule has 2 aliphatic rings. The summed E-state index contributed by atoms with van der Waals surface area (Å²) < 4.78 is 32.1. The normalized spacial score (nSPS) is 21.3. The van der Waals surface area contributed by atoms with Crippen LogP contribution in [0.5, 0.6) is 0 Å². The van der Waals surface area contributed by atoms with E-state index in [0.29, 0.717) is 19.0 Å².